The van der Waals surface area contributed by atoms with Crippen LogP contribution in [0.1, 0.15) is 18.0 Å². The van der Waals surface area contributed by atoms with Gasteiger partial charge in [-0.05, 0) is 24.3 Å². The summed E-state index contributed by atoms with van der Waals surface area (Å²) in [7, 11) is 0. The molecule has 27 heavy (non-hydrogen) atoms. The second-order valence-corrected chi connectivity index (χ2v) is 7.42. The number of hydrogen-bond acceptors (Lipinski definition) is 4. The van der Waals surface area contributed by atoms with Crippen molar-refractivity contribution in [1.82, 2.24) is 5.32 Å². The topological polar surface area (TPSA) is 82.0 Å². The maximum Gasteiger partial charge on any atom is 0.238 e. The molecule has 2 amide bonds. The number of carbonyl (C=O) groups is 2. The highest BCUT2D eigenvalue weighted by molar-refractivity contribution is 8.01. The Morgan fingerprint density at radius 1 is 1.33 bits per heavy atom. The molecule has 0 aliphatic carbocycles. The Labute approximate surface area is 162 Å². The molecular formula is C18H12ClF2N3O2S. The summed E-state index contributed by atoms with van der Waals surface area (Å²) in [6, 6.07) is 8.23. The van der Waals surface area contributed by atoms with Gasteiger partial charge in [-0.1, -0.05) is 17.7 Å². The average molecular weight is 408 g/mol. The zero-order valence-corrected chi connectivity index (χ0v) is 15.2. The normalized spacial score (nSPS) is 16.7. The lowest BCUT2D eigenvalue weighted by Crippen LogP contribution is -2.36. The van der Waals surface area contributed by atoms with Crippen LogP contribution in [-0.4, -0.2) is 17.1 Å². The van der Waals surface area contributed by atoms with Crippen LogP contribution in [0, 0.1) is 23.0 Å². The minimum atomic E-state index is -1.29. The van der Waals surface area contributed by atoms with Crippen molar-refractivity contribution in [3.63, 3.8) is 0 Å². The molecule has 2 aromatic rings. The molecule has 0 aromatic heterocycles. The maximum absolute atomic E-state index is 13.8. The molecule has 2 atom stereocenters. The first-order valence-corrected chi connectivity index (χ1v) is 9.04. The number of hydrogen-bond donors (Lipinski definition) is 2. The van der Waals surface area contributed by atoms with Crippen molar-refractivity contribution in [2.24, 2.45) is 0 Å². The average Bonchev–Trinajstić information content (AvgIpc) is 2.61. The summed E-state index contributed by atoms with van der Waals surface area (Å²) in [5.41, 5.74) is 0.422. The van der Waals surface area contributed by atoms with E-state index in [1.165, 1.54) is 11.8 Å². The Hall–Kier alpha value is -2.63. The molecule has 3 rings (SSSR count). The van der Waals surface area contributed by atoms with Crippen molar-refractivity contribution >= 4 is 40.9 Å². The van der Waals surface area contributed by atoms with Crippen molar-refractivity contribution < 1.29 is 18.4 Å². The second kappa shape index (κ2) is 7.94. The molecule has 2 unspecified atom stereocenters. The van der Waals surface area contributed by atoms with Gasteiger partial charge in [-0.15, -0.1) is 11.8 Å². The quantitative estimate of drug-likeness (QED) is 0.807. The highest BCUT2D eigenvalue weighted by atomic mass is 35.5. The molecule has 0 bridgehead atoms. The number of amides is 2. The number of nitrogens with one attached hydrogen (secondary N) is 2. The predicted molar refractivity (Wildman–Crippen MR) is 97.2 cm³/mol. The zero-order valence-electron chi connectivity index (χ0n) is 13.6. The van der Waals surface area contributed by atoms with Gasteiger partial charge in [0.15, 0.2) is 0 Å². The highest BCUT2D eigenvalue weighted by Gasteiger charge is 2.30. The number of carbonyl (C=O) groups excluding carboxylic acids is 2. The summed E-state index contributed by atoms with van der Waals surface area (Å²) < 4.78 is 26.8. The monoisotopic (exact) mass is 407 g/mol. The third-order valence-electron chi connectivity index (χ3n) is 3.84. The largest absolute Gasteiger partial charge is 0.337 e. The van der Waals surface area contributed by atoms with Crippen molar-refractivity contribution in [2.75, 3.05) is 5.32 Å². The number of benzene rings is 2. The van der Waals surface area contributed by atoms with Gasteiger partial charge in [0.25, 0.3) is 0 Å². The van der Waals surface area contributed by atoms with Gasteiger partial charge in [0, 0.05) is 28.0 Å². The van der Waals surface area contributed by atoms with E-state index in [4.69, 9.17) is 11.6 Å². The summed E-state index contributed by atoms with van der Waals surface area (Å²) in [6.07, 6.45) is -0.209. The number of anilines is 1. The van der Waals surface area contributed by atoms with Crippen LogP contribution < -0.4 is 10.6 Å². The van der Waals surface area contributed by atoms with Crippen LogP contribution in [0.2, 0.25) is 5.02 Å². The molecule has 0 radical (unpaired) electrons. The van der Waals surface area contributed by atoms with Crippen molar-refractivity contribution in [3.8, 4) is 6.07 Å². The third-order valence-corrected chi connectivity index (χ3v) is 5.35. The first-order valence-electron chi connectivity index (χ1n) is 7.78. The first-order chi connectivity index (χ1) is 12.9. The van der Waals surface area contributed by atoms with E-state index in [0.717, 1.165) is 17.0 Å². The molecule has 1 aliphatic rings. The van der Waals surface area contributed by atoms with Gasteiger partial charge in [0.1, 0.15) is 17.7 Å². The Morgan fingerprint density at radius 2 is 2.11 bits per heavy atom. The molecule has 1 heterocycles. The van der Waals surface area contributed by atoms with Gasteiger partial charge in [0.05, 0.1) is 17.0 Å². The molecule has 1 aliphatic heterocycles. The van der Waals surface area contributed by atoms with E-state index >= 15 is 0 Å². The summed E-state index contributed by atoms with van der Waals surface area (Å²) >= 11 is 7.09. The minimum Gasteiger partial charge on any atom is -0.337 e. The number of thioether (sulfide) groups is 1. The van der Waals surface area contributed by atoms with E-state index in [0.29, 0.717) is 16.8 Å². The Balaban J connectivity index is 1.69. The van der Waals surface area contributed by atoms with Crippen molar-refractivity contribution in [3.05, 3.63) is 58.6 Å². The Morgan fingerprint density at radius 3 is 2.81 bits per heavy atom. The molecule has 0 fully saturated rings. The number of nitrogens with zero attached hydrogens (tertiary/aromatic N) is 1. The number of nitriles is 1. The Bertz CT molecular complexity index is 964. The minimum absolute atomic E-state index is 0.145. The van der Waals surface area contributed by atoms with Crippen molar-refractivity contribution in [1.29, 1.82) is 5.26 Å². The lowest BCUT2D eigenvalue weighted by Gasteiger charge is -2.24. The van der Waals surface area contributed by atoms with Crippen LogP contribution in [0.25, 0.3) is 0 Å². The van der Waals surface area contributed by atoms with Gasteiger partial charge in [0.2, 0.25) is 11.8 Å². The van der Waals surface area contributed by atoms with Gasteiger partial charge in [-0.3, -0.25) is 9.59 Å². The SMILES string of the molecule is N#CC(NC(=O)CC1Sc2ccc(Cl)cc2NC1=O)c1ccc(F)cc1F. The number of rotatable bonds is 4. The maximum atomic E-state index is 13.8. The van der Waals surface area contributed by atoms with Gasteiger partial charge < -0.3 is 10.6 Å². The van der Waals surface area contributed by atoms with Gasteiger partial charge >= 0.3 is 0 Å². The van der Waals surface area contributed by atoms with Crippen molar-refractivity contribution in [2.45, 2.75) is 22.6 Å². The number of halogens is 3. The van der Waals surface area contributed by atoms with E-state index in [9.17, 15) is 23.6 Å². The fourth-order valence-electron chi connectivity index (χ4n) is 2.56. The lowest BCUT2D eigenvalue weighted by atomic mass is 10.1. The molecule has 0 saturated heterocycles. The summed E-state index contributed by atoms with van der Waals surface area (Å²) in [5.74, 6) is -2.69. The first kappa shape index (κ1) is 19.1. The fourth-order valence-corrected chi connectivity index (χ4v) is 3.82. The second-order valence-electron chi connectivity index (χ2n) is 5.74. The fraction of sp³-hybridized carbons (Fsp3) is 0.167. The van der Waals surface area contributed by atoms with E-state index in [2.05, 4.69) is 10.6 Å². The molecule has 9 heteroatoms. The standard InChI is InChI=1S/C18H12ClF2N3O2S/c19-9-1-4-15-13(5-9)24-18(26)16(27-15)7-17(25)23-14(8-22)11-3-2-10(20)6-12(11)21/h1-6,14,16H,7H2,(H,23,25)(H,24,26). The van der Waals surface area contributed by atoms with Crippen LogP contribution >= 0.6 is 23.4 Å². The van der Waals surface area contributed by atoms with Crippen LogP contribution in [0.4, 0.5) is 14.5 Å². The summed E-state index contributed by atoms with van der Waals surface area (Å²) in [6.45, 7) is 0. The zero-order chi connectivity index (χ0) is 19.6. The van der Waals surface area contributed by atoms with Crippen LogP contribution in [0.3, 0.4) is 0 Å². The van der Waals surface area contributed by atoms with Crippen LogP contribution in [-0.2, 0) is 9.59 Å². The van der Waals surface area contributed by atoms with Crippen LogP contribution in [0.15, 0.2) is 41.3 Å². The molecule has 5 nitrogen and oxygen atoms in total. The predicted octanol–water partition coefficient (Wildman–Crippen LogP) is 3.80. The summed E-state index contributed by atoms with van der Waals surface area (Å²) in [5, 5.41) is 14.0. The smallest absolute Gasteiger partial charge is 0.238 e. The molecule has 2 N–H and O–H groups in total. The number of fused-ring (bicyclic) bond motifs is 1. The van der Waals surface area contributed by atoms with E-state index in [1.807, 2.05) is 0 Å². The van der Waals surface area contributed by atoms with E-state index in [-0.39, 0.29) is 17.9 Å². The molecule has 2 aromatic carbocycles. The lowest BCUT2D eigenvalue weighted by molar-refractivity contribution is -0.124. The van der Waals surface area contributed by atoms with E-state index < -0.39 is 28.8 Å². The molecule has 0 saturated carbocycles. The summed E-state index contributed by atoms with van der Waals surface area (Å²) in [4.78, 5) is 25.2. The molecule has 138 valence electrons. The van der Waals surface area contributed by atoms with Crippen LogP contribution in [0.5, 0.6) is 0 Å². The van der Waals surface area contributed by atoms with E-state index in [1.54, 1.807) is 24.3 Å². The molecular weight excluding hydrogens is 396 g/mol. The Kier molecular flexibility index (Phi) is 5.63. The molecule has 0 spiro atoms. The highest BCUT2D eigenvalue weighted by Crippen LogP contribution is 2.38. The third kappa shape index (κ3) is 4.38. The van der Waals surface area contributed by atoms with Gasteiger partial charge in [-0.25, -0.2) is 8.78 Å². The van der Waals surface area contributed by atoms with Gasteiger partial charge in [-0.2, -0.15) is 5.26 Å².